The summed E-state index contributed by atoms with van der Waals surface area (Å²) in [5.41, 5.74) is 0. The van der Waals surface area contributed by atoms with Gasteiger partial charge in [0, 0.05) is 0 Å². The lowest BCUT2D eigenvalue weighted by Crippen LogP contribution is -2.27. The second-order valence-corrected chi connectivity index (χ2v) is 2.97. The molecule has 2 heteroatoms. The van der Waals surface area contributed by atoms with Crippen LogP contribution in [-0.4, -0.2) is 19.3 Å². The molecule has 0 aliphatic carbocycles. The Morgan fingerprint density at radius 1 is 1.40 bits per heavy atom. The molecule has 0 spiro atoms. The van der Waals surface area contributed by atoms with E-state index in [1.165, 1.54) is 38.6 Å². The maximum absolute atomic E-state index is 6.88. The Kier molecular flexibility index (Phi) is 3.44. The van der Waals surface area contributed by atoms with E-state index in [0.717, 1.165) is 12.3 Å². The molecule has 0 atom stereocenters. The van der Waals surface area contributed by atoms with Crippen molar-refractivity contribution in [3.63, 3.8) is 0 Å². The van der Waals surface area contributed by atoms with Crippen molar-refractivity contribution in [3.8, 4) is 0 Å². The largest absolute Gasteiger partial charge is 0.317 e. The zero-order chi connectivity index (χ0) is 7.23. The predicted molar refractivity (Wildman–Crippen MR) is 43.6 cm³/mol. The van der Waals surface area contributed by atoms with Crippen LogP contribution in [0.25, 0.3) is 0 Å². The minimum Gasteiger partial charge on any atom is -0.317 e. The number of nitrogens with one attached hydrogen (secondary N) is 2. The molecule has 0 aromatic heterocycles. The van der Waals surface area contributed by atoms with E-state index in [1.807, 2.05) is 0 Å². The van der Waals surface area contributed by atoms with Gasteiger partial charge in [0.2, 0.25) is 0 Å². The lowest BCUT2D eigenvalue weighted by Gasteiger charge is -2.21. The maximum atomic E-state index is 6.88. The lowest BCUT2D eigenvalue weighted by molar-refractivity contribution is 0.359. The van der Waals surface area contributed by atoms with E-state index in [4.69, 9.17) is 5.41 Å². The molecule has 10 heavy (non-hydrogen) atoms. The van der Waals surface area contributed by atoms with Gasteiger partial charge in [-0.1, -0.05) is 0 Å². The molecule has 1 fully saturated rings. The Bertz CT molecular complexity index is 95.4. The van der Waals surface area contributed by atoms with Crippen LogP contribution in [0.15, 0.2) is 0 Å². The molecule has 0 unspecified atom stereocenters. The fourth-order valence-corrected chi connectivity index (χ4v) is 1.49. The molecule has 0 aromatic carbocycles. The van der Waals surface area contributed by atoms with Gasteiger partial charge in [-0.15, -0.1) is 0 Å². The number of rotatable bonds is 3. The second-order valence-electron chi connectivity index (χ2n) is 2.97. The first-order chi connectivity index (χ1) is 4.93. The van der Waals surface area contributed by atoms with Gasteiger partial charge in [0.25, 0.3) is 0 Å². The standard InChI is InChI=1S/C8H16N2/c9-5-1-2-8-3-6-10-7-4-8/h5,8-10H,1-4,6-7H2. The van der Waals surface area contributed by atoms with E-state index in [9.17, 15) is 0 Å². The van der Waals surface area contributed by atoms with Crippen molar-refractivity contribution in [1.82, 2.24) is 5.32 Å². The van der Waals surface area contributed by atoms with Crippen LogP contribution < -0.4 is 5.32 Å². The van der Waals surface area contributed by atoms with Gasteiger partial charge in [-0.05, 0) is 50.9 Å². The molecule has 1 saturated heterocycles. The fourth-order valence-electron chi connectivity index (χ4n) is 1.49. The molecule has 1 aliphatic rings. The molecule has 1 heterocycles. The van der Waals surface area contributed by atoms with Crippen molar-refractivity contribution < 1.29 is 0 Å². The summed E-state index contributed by atoms with van der Waals surface area (Å²) in [4.78, 5) is 0. The van der Waals surface area contributed by atoms with Crippen LogP contribution in [0.2, 0.25) is 0 Å². The highest BCUT2D eigenvalue weighted by atomic mass is 14.9. The molecular formula is C8H16N2. The van der Waals surface area contributed by atoms with E-state index >= 15 is 0 Å². The monoisotopic (exact) mass is 140 g/mol. The van der Waals surface area contributed by atoms with Gasteiger partial charge in [0.1, 0.15) is 0 Å². The third kappa shape index (κ3) is 2.48. The molecule has 0 amide bonds. The first-order valence-electron chi connectivity index (χ1n) is 4.13. The average molecular weight is 140 g/mol. The summed E-state index contributed by atoms with van der Waals surface area (Å²) in [5.74, 6) is 0.892. The van der Waals surface area contributed by atoms with Crippen LogP contribution in [-0.2, 0) is 0 Å². The second kappa shape index (κ2) is 4.45. The van der Waals surface area contributed by atoms with Crippen LogP contribution >= 0.6 is 0 Å². The molecule has 1 rings (SSSR count). The first kappa shape index (κ1) is 7.73. The summed E-state index contributed by atoms with van der Waals surface area (Å²) in [6.45, 7) is 2.37. The quantitative estimate of drug-likeness (QED) is 0.571. The topological polar surface area (TPSA) is 35.9 Å². The Balaban J connectivity index is 2.07. The van der Waals surface area contributed by atoms with Crippen LogP contribution in [0.1, 0.15) is 25.7 Å². The van der Waals surface area contributed by atoms with Gasteiger partial charge in [-0.2, -0.15) is 0 Å². The minimum atomic E-state index is 0.892. The molecule has 0 bridgehead atoms. The molecule has 0 aromatic rings. The van der Waals surface area contributed by atoms with Gasteiger partial charge in [-0.3, -0.25) is 0 Å². The molecule has 2 N–H and O–H groups in total. The Hall–Kier alpha value is -0.370. The van der Waals surface area contributed by atoms with E-state index in [-0.39, 0.29) is 0 Å². The van der Waals surface area contributed by atoms with E-state index in [2.05, 4.69) is 5.32 Å². The first-order valence-corrected chi connectivity index (χ1v) is 4.13. The van der Waals surface area contributed by atoms with E-state index in [1.54, 1.807) is 0 Å². The minimum absolute atomic E-state index is 0.892. The highest BCUT2D eigenvalue weighted by molar-refractivity contribution is 5.52. The summed E-state index contributed by atoms with van der Waals surface area (Å²) >= 11 is 0. The maximum Gasteiger partial charge on any atom is -0.00463 e. The average Bonchev–Trinajstić information content (AvgIpc) is 2.03. The van der Waals surface area contributed by atoms with Crippen LogP contribution in [0.4, 0.5) is 0 Å². The smallest absolute Gasteiger partial charge is 0.00463 e. The number of piperidine rings is 1. The van der Waals surface area contributed by atoms with E-state index < -0.39 is 0 Å². The summed E-state index contributed by atoms with van der Waals surface area (Å²) < 4.78 is 0. The predicted octanol–water partition coefficient (Wildman–Crippen LogP) is 1.42. The van der Waals surface area contributed by atoms with Crippen molar-refractivity contribution in [2.24, 2.45) is 5.92 Å². The number of hydrogen-bond donors (Lipinski definition) is 2. The van der Waals surface area contributed by atoms with Crippen molar-refractivity contribution in [2.45, 2.75) is 25.7 Å². The third-order valence-electron chi connectivity index (χ3n) is 2.18. The summed E-state index contributed by atoms with van der Waals surface area (Å²) in [6, 6.07) is 0. The summed E-state index contributed by atoms with van der Waals surface area (Å²) in [6.07, 6.45) is 6.36. The van der Waals surface area contributed by atoms with Crippen LogP contribution in [0.5, 0.6) is 0 Å². The number of hydrogen-bond acceptors (Lipinski definition) is 2. The van der Waals surface area contributed by atoms with Crippen molar-refractivity contribution in [3.05, 3.63) is 0 Å². The van der Waals surface area contributed by atoms with Gasteiger partial charge >= 0.3 is 0 Å². The Labute approximate surface area is 62.5 Å². The SMILES string of the molecule is N=CCCC1CCNCC1. The fraction of sp³-hybridized carbons (Fsp3) is 0.875. The normalized spacial score (nSPS) is 20.8. The highest BCUT2D eigenvalue weighted by Gasteiger charge is 2.10. The summed E-state index contributed by atoms with van der Waals surface area (Å²) in [7, 11) is 0. The molecule has 2 nitrogen and oxygen atoms in total. The molecule has 0 radical (unpaired) electrons. The molecule has 1 aliphatic heterocycles. The zero-order valence-corrected chi connectivity index (χ0v) is 6.40. The van der Waals surface area contributed by atoms with Crippen molar-refractivity contribution in [1.29, 1.82) is 5.41 Å². The Morgan fingerprint density at radius 3 is 2.70 bits per heavy atom. The van der Waals surface area contributed by atoms with Gasteiger partial charge in [-0.25, -0.2) is 0 Å². The molecule has 58 valence electrons. The highest BCUT2D eigenvalue weighted by Crippen LogP contribution is 2.16. The van der Waals surface area contributed by atoms with Gasteiger partial charge in [0.15, 0.2) is 0 Å². The van der Waals surface area contributed by atoms with Crippen LogP contribution in [0.3, 0.4) is 0 Å². The van der Waals surface area contributed by atoms with Crippen LogP contribution in [0, 0.1) is 11.3 Å². The molecule has 0 saturated carbocycles. The van der Waals surface area contributed by atoms with Crippen molar-refractivity contribution >= 4 is 6.21 Å². The van der Waals surface area contributed by atoms with Crippen molar-refractivity contribution in [2.75, 3.05) is 13.1 Å². The van der Waals surface area contributed by atoms with E-state index in [0.29, 0.717) is 0 Å². The van der Waals surface area contributed by atoms with Gasteiger partial charge < -0.3 is 10.7 Å². The summed E-state index contributed by atoms with van der Waals surface area (Å²) in [5, 5.41) is 10.2. The van der Waals surface area contributed by atoms with Gasteiger partial charge in [0.05, 0.1) is 0 Å². The lowest BCUT2D eigenvalue weighted by atomic mass is 9.93. The molecular weight excluding hydrogens is 124 g/mol. The Morgan fingerprint density at radius 2 is 2.10 bits per heavy atom. The zero-order valence-electron chi connectivity index (χ0n) is 6.40. The third-order valence-corrected chi connectivity index (χ3v) is 2.18.